The highest BCUT2D eigenvalue weighted by atomic mass is 16.5. The van der Waals surface area contributed by atoms with Crippen LogP contribution in [0.1, 0.15) is 65.9 Å². The topological polar surface area (TPSA) is 108 Å². The van der Waals surface area contributed by atoms with Gasteiger partial charge in [0, 0.05) is 54.7 Å². The number of carboxylic acids is 1. The van der Waals surface area contributed by atoms with Gasteiger partial charge in [0.25, 0.3) is 5.91 Å². The number of rotatable bonds is 12. The number of nitrogens with one attached hydrogen (secondary N) is 1. The molecule has 6 rings (SSSR count). The van der Waals surface area contributed by atoms with Crippen molar-refractivity contribution in [3.8, 4) is 28.5 Å². The fourth-order valence-corrected chi connectivity index (χ4v) is 6.83. The van der Waals surface area contributed by atoms with Crippen molar-refractivity contribution < 1.29 is 33.6 Å². The summed E-state index contributed by atoms with van der Waals surface area (Å²) in [5.41, 5.74) is 5.66. The highest BCUT2D eigenvalue weighted by Crippen LogP contribution is 2.47. The quantitative estimate of drug-likeness (QED) is 0.171. The molecule has 242 valence electrons. The van der Waals surface area contributed by atoms with Gasteiger partial charge in [-0.25, -0.2) is 4.79 Å². The van der Waals surface area contributed by atoms with Crippen LogP contribution in [-0.2, 0) is 22.5 Å². The molecule has 0 unspecified atom stereocenters. The van der Waals surface area contributed by atoms with Crippen LogP contribution in [0.25, 0.3) is 22.2 Å². The van der Waals surface area contributed by atoms with Gasteiger partial charge in [-0.1, -0.05) is 37.5 Å². The Kier molecular flexibility index (Phi) is 9.78. The number of hydrogen-bond acceptors (Lipinski definition) is 6. The number of nitrogens with zero attached hydrogens (tertiary/aromatic N) is 1. The zero-order valence-corrected chi connectivity index (χ0v) is 26.6. The van der Waals surface area contributed by atoms with Crippen LogP contribution < -0.4 is 19.5 Å². The number of hydrogen-bond donors (Lipinski definition) is 2. The van der Waals surface area contributed by atoms with E-state index in [9.17, 15) is 14.7 Å². The maximum Gasteiger partial charge on any atom is 0.326 e. The molecule has 1 atom stereocenters. The van der Waals surface area contributed by atoms with Crippen LogP contribution in [-0.4, -0.2) is 61.6 Å². The normalized spacial score (nSPS) is 15.3. The molecule has 9 heteroatoms. The first-order valence-electron chi connectivity index (χ1n) is 16.2. The summed E-state index contributed by atoms with van der Waals surface area (Å²) in [5.74, 6) is 1.16. The van der Waals surface area contributed by atoms with Gasteiger partial charge in [-0.15, -0.1) is 0 Å². The van der Waals surface area contributed by atoms with Crippen LogP contribution in [0.5, 0.6) is 17.2 Å². The maximum atomic E-state index is 13.6. The molecule has 0 radical (unpaired) electrons. The van der Waals surface area contributed by atoms with E-state index in [-0.39, 0.29) is 6.42 Å². The van der Waals surface area contributed by atoms with E-state index in [1.54, 1.807) is 14.2 Å². The van der Waals surface area contributed by atoms with Gasteiger partial charge >= 0.3 is 5.97 Å². The van der Waals surface area contributed by atoms with Crippen molar-refractivity contribution in [3.05, 3.63) is 77.4 Å². The average Bonchev–Trinajstić information content (AvgIpc) is 3.28. The summed E-state index contributed by atoms with van der Waals surface area (Å²) in [4.78, 5) is 25.8. The molecule has 1 aliphatic carbocycles. The molecule has 3 aromatic carbocycles. The number of ether oxygens (including phenoxy) is 4. The van der Waals surface area contributed by atoms with Crippen molar-refractivity contribution in [3.63, 3.8) is 0 Å². The first kappa shape index (κ1) is 31.5. The molecule has 1 aliphatic heterocycles. The summed E-state index contributed by atoms with van der Waals surface area (Å²) in [5, 5.41) is 13.9. The van der Waals surface area contributed by atoms with Gasteiger partial charge in [0.1, 0.15) is 29.9 Å². The molecular formula is C37H42N2O7. The van der Waals surface area contributed by atoms with Crippen molar-refractivity contribution in [2.45, 2.75) is 63.5 Å². The predicted molar refractivity (Wildman–Crippen MR) is 176 cm³/mol. The van der Waals surface area contributed by atoms with E-state index in [2.05, 4.69) is 16.0 Å². The lowest BCUT2D eigenvalue weighted by molar-refractivity contribution is -0.139. The minimum Gasteiger partial charge on any atom is -0.497 e. The third-order valence-corrected chi connectivity index (χ3v) is 9.12. The Bertz CT molecular complexity index is 1690. The van der Waals surface area contributed by atoms with Crippen LogP contribution in [0.4, 0.5) is 0 Å². The zero-order valence-electron chi connectivity index (χ0n) is 26.6. The van der Waals surface area contributed by atoms with Gasteiger partial charge < -0.3 is 33.9 Å². The zero-order chi connectivity index (χ0) is 32.0. The van der Waals surface area contributed by atoms with Crippen molar-refractivity contribution in [2.24, 2.45) is 0 Å². The van der Waals surface area contributed by atoms with E-state index in [0.29, 0.717) is 43.6 Å². The summed E-state index contributed by atoms with van der Waals surface area (Å²) in [6, 6.07) is 18.0. The van der Waals surface area contributed by atoms with Crippen LogP contribution in [0.3, 0.4) is 0 Å². The molecule has 1 aromatic heterocycles. The minimum atomic E-state index is -1.09. The number of carbonyl (C=O) groups excluding carboxylic acids is 1. The van der Waals surface area contributed by atoms with Crippen LogP contribution in [0.2, 0.25) is 0 Å². The first-order chi connectivity index (χ1) is 22.5. The van der Waals surface area contributed by atoms with Gasteiger partial charge in [0.05, 0.1) is 26.0 Å². The largest absolute Gasteiger partial charge is 0.497 e. The third-order valence-electron chi connectivity index (χ3n) is 9.12. The van der Waals surface area contributed by atoms with E-state index in [0.717, 1.165) is 58.5 Å². The number of aromatic nitrogens is 1. The number of carboxylic acid groups (broad SMARTS) is 1. The van der Waals surface area contributed by atoms with Gasteiger partial charge in [0.2, 0.25) is 0 Å². The molecule has 1 amide bonds. The molecule has 46 heavy (non-hydrogen) atoms. The molecule has 9 nitrogen and oxygen atoms in total. The van der Waals surface area contributed by atoms with Crippen LogP contribution in [0.15, 0.2) is 60.7 Å². The molecule has 2 aliphatic rings. The van der Waals surface area contributed by atoms with Crippen LogP contribution >= 0.6 is 0 Å². The Balaban J connectivity index is 1.28. The van der Waals surface area contributed by atoms with Gasteiger partial charge in [-0.05, 0) is 66.3 Å². The number of aliphatic carboxylic acids is 1. The lowest BCUT2D eigenvalue weighted by Crippen LogP contribution is -2.42. The molecule has 4 aromatic rings. The highest BCUT2D eigenvalue weighted by molar-refractivity contribution is 6.02. The standard InChI is InChI=1S/C37H42N2O7/c1-43-18-6-19-45-27-12-9-24(10-13-27)21-31(37(41)42)38-36(40)26-11-15-29-32(22-26)39-17-20-46-33-23-28(44-2)14-16-30(33)35(39)34(29)25-7-4-3-5-8-25/h9-16,22-23,25,31H,3-8,17-21H2,1-2H3,(H,38,40)(H,41,42)/t31-/m0/s1. The van der Waals surface area contributed by atoms with Crippen molar-refractivity contribution in [2.75, 3.05) is 34.0 Å². The molecule has 0 saturated heterocycles. The molecule has 1 fully saturated rings. The third kappa shape index (κ3) is 6.70. The molecule has 2 N–H and O–H groups in total. The fourth-order valence-electron chi connectivity index (χ4n) is 6.83. The summed E-state index contributed by atoms with van der Waals surface area (Å²) < 4.78 is 24.7. The number of amides is 1. The lowest BCUT2D eigenvalue weighted by Gasteiger charge is -2.23. The Labute approximate surface area is 269 Å². The Hall–Kier alpha value is -4.50. The molecule has 0 bridgehead atoms. The smallest absolute Gasteiger partial charge is 0.326 e. The monoisotopic (exact) mass is 626 g/mol. The second-order valence-corrected chi connectivity index (χ2v) is 12.1. The molecule has 1 saturated carbocycles. The molecule has 2 heterocycles. The molecular weight excluding hydrogens is 584 g/mol. The molecule has 0 spiro atoms. The Morgan fingerprint density at radius 1 is 0.978 bits per heavy atom. The predicted octanol–water partition coefficient (Wildman–Crippen LogP) is 6.60. The van der Waals surface area contributed by atoms with E-state index in [4.69, 9.17) is 18.9 Å². The number of benzene rings is 3. The number of carbonyl (C=O) groups is 2. The second kappa shape index (κ2) is 14.3. The SMILES string of the molecule is COCCCOc1ccc(C[C@H](NC(=O)c2ccc3c(C4CCCCC4)c4n(c3c2)CCOc2cc(OC)ccc2-4)C(=O)O)cc1. The number of methoxy groups -OCH3 is 2. The number of fused-ring (bicyclic) bond motifs is 5. The summed E-state index contributed by atoms with van der Waals surface area (Å²) in [6.07, 6.45) is 6.83. The summed E-state index contributed by atoms with van der Waals surface area (Å²) in [6.45, 7) is 2.27. The highest BCUT2D eigenvalue weighted by Gasteiger charge is 2.30. The second-order valence-electron chi connectivity index (χ2n) is 12.1. The van der Waals surface area contributed by atoms with Crippen molar-refractivity contribution in [1.29, 1.82) is 0 Å². The maximum absolute atomic E-state index is 13.6. The first-order valence-corrected chi connectivity index (χ1v) is 16.2. The summed E-state index contributed by atoms with van der Waals surface area (Å²) in [7, 11) is 3.31. The Morgan fingerprint density at radius 3 is 2.50 bits per heavy atom. The average molecular weight is 627 g/mol. The summed E-state index contributed by atoms with van der Waals surface area (Å²) >= 11 is 0. The van der Waals surface area contributed by atoms with E-state index in [1.807, 2.05) is 54.6 Å². The van der Waals surface area contributed by atoms with Crippen molar-refractivity contribution >= 4 is 22.8 Å². The minimum absolute atomic E-state index is 0.150. The fraction of sp³-hybridized carbons (Fsp3) is 0.405. The van der Waals surface area contributed by atoms with E-state index < -0.39 is 17.9 Å². The lowest BCUT2D eigenvalue weighted by atomic mass is 9.81. The van der Waals surface area contributed by atoms with Gasteiger partial charge in [-0.2, -0.15) is 0 Å². The van der Waals surface area contributed by atoms with Crippen molar-refractivity contribution in [1.82, 2.24) is 9.88 Å². The van der Waals surface area contributed by atoms with E-state index in [1.165, 1.54) is 24.8 Å². The van der Waals surface area contributed by atoms with Crippen LogP contribution in [0, 0.1) is 0 Å². The van der Waals surface area contributed by atoms with Gasteiger partial charge in [-0.3, -0.25) is 4.79 Å². The van der Waals surface area contributed by atoms with E-state index >= 15 is 0 Å². The Morgan fingerprint density at radius 2 is 1.76 bits per heavy atom. The van der Waals surface area contributed by atoms with Gasteiger partial charge in [0.15, 0.2) is 0 Å².